The molecule has 208 valence electrons. The van der Waals surface area contributed by atoms with Crippen LogP contribution in [0.5, 0.6) is 0 Å². The molecule has 0 aliphatic heterocycles. The lowest BCUT2D eigenvalue weighted by molar-refractivity contribution is -0.139. The van der Waals surface area contributed by atoms with Crippen molar-refractivity contribution in [3.8, 4) is 0 Å². The highest BCUT2D eigenvalue weighted by molar-refractivity contribution is 7.92. The number of benzene rings is 3. The third kappa shape index (κ3) is 7.69. The summed E-state index contributed by atoms with van der Waals surface area (Å²) in [6, 6.07) is 22.3. The Bertz CT molecular complexity index is 1360. The molecule has 8 heteroatoms. The minimum Gasteiger partial charge on any atom is -0.352 e. The third-order valence-corrected chi connectivity index (χ3v) is 8.48. The first kappa shape index (κ1) is 29.9. The van der Waals surface area contributed by atoms with E-state index >= 15 is 0 Å². The molecule has 0 bridgehead atoms. The van der Waals surface area contributed by atoms with Crippen LogP contribution in [0.2, 0.25) is 0 Å². The predicted octanol–water partition coefficient (Wildman–Crippen LogP) is 4.87. The van der Waals surface area contributed by atoms with Gasteiger partial charge in [-0.15, -0.1) is 0 Å². The Labute approximate surface area is 232 Å². The molecular weight excluding hydrogens is 510 g/mol. The number of rotatable bonds is 12. The number of sulfonamides is 1. The second kappa shape index (κ2) is 13.4. The standard InChI is InChI=1S/C31H39N3O4S/c1-6-29(31(36)32-23(2)3)33(20-19-26-13-9-7-10-14-26)30(35)22-34(27-18-17-24(4)25(5)21-27)39(37,38)28-15-11-8-12-16-28/h7-18,21,23,29H,6,19-20,22H2,1-5H3,(H,32,36)/t29-/m0/s1. The van der Waals surface area contributed by atoms with Gasteiger partial charge in [0.25, 0.3) is 10.0 Å². The summed E-state index contributed by atoms with van der Waals surface area (Å²) in [4.78, 5) is 28.8. The smallest absolute Gasteiger partial charge is 0.264 e. The van der Waals surface area contributed by atoms with Crippen LogP contribution in [-0.4, -0.2) is 50.3 Å². The van der Waals surface area contributed by atoms with E-state index in [0.717, 1.165) is 21.0 Å². The van der Waals surface area contributed by atoms with Crippen LogP contribution in [0, 0.1) is 13.8 Å². The SMILES string of the molecule is CC[C@@H](C(=O)NC(C)C)N(CCc1ccccc1)C(=O)CN(c1ccc(C)c(C)c1)S(=O)(=O)c1ccccc1. The van der Waals surface area contributed by atoms with Crippen molar-refractivity contribution in [1.82, 2.24) is 10.2 Å². The molecule has 3 aromatic carbocycles. The zero-order valence-corrected chi connectivity index (χ0v) is 24.2. The lowest BCUT2D eigenvalue weighted by Crippen LogP contribution is -2.54. The van der Waals surface area contributed by atoms with Gasteiger partial charge in [-0.1, -0.05) is 61.5 Å². The van der Waals surface area contributed by atoms with Crippen molar-refractivity contribution in [1.29, 1.82) is 0 Å². The van der Waals surface area contributed by atoms with Crippen LogP contribution < -0.4 is 9.62 Å². The number of amides is 2. The Morgan fingerprint density at radius 2 is 1.49 bits per heavy atom. The molecule has 2 amide bonds. The molecule has 0 saturated heterocycles. The van der Waals surface area contributed by atoms with Gasteiger partial charge in [0.2, 0.25) is 11.8 Å². The summed E-state index contributed by atoms with van der Waals surface area (Å²) in [5.74, 6) is -0.688. The summed E-state index contributed by atoms with van der Waals surface area (Å²) in [6.07, 6.45) is 0.932. The number of aryl methyl sites for hydroxylation is 2. The monoisotopic (exact) mass is 549 g/mol. The molecule has 1 N–H and O–H groups in total. The van der Waals surface area contributed by atoms with Crippen molar-refractivity contribution in [3.63, 3.8) is 0 Å². The van der Waals surface area contributed by atoms with E-state index in [4.69, 9.17) is 0 Å². The molecule has 0 aliphatic carbocycles. The van der Waals surface area contributed by atoms with E-state index < -0.39 is 28.5 Å². The average molecular weight is 550 g/mol. The lowest BCUT2D eigenvalue weighted by atomic mass is 10.1. The Kier molecular flexibility index (Phi) is 10.3. The van der Waals surface area contributed by atoms with Gasteiger partial charge in [0.15, 0.2) is 0 Å². The molecule has 0 radical (unpaired) electrons. The fourth-order valence-electron chi connectivity index (χ4n) is 4.41. The first-order valence-corrected chi connectivity index (χ1v) is 14.8. The van der Waals surface area contributed by atoms with Gasteiger partial charge in [-0.25, -0.2) is 8.42 Å². The highest BCUT2D eigenvalue weighted by Crippen LogP contribution is 2.26. The van der Waals surface area contributed by atoms with E-state index in [1.165, 1.54) is 17.0 Å². The third-order valence-electron chi connectivity index (χ3n) is 6.69. The van der Waals surface area contributed by atoms with Crippen LogP contribution in [0.25, 0.3) is 0 Å². The van der Waals surface area contributed by atoms with E-state index in [2.05, 4.69) is 5.32 Å². The summed E-state index contributed by atoms with van der Waals surface area (Å²) < 4.78 is 28.9. The molecule has 0 aliphatic rings. The van der Waals surface area contributed by atoms with E-state index in [9.17, 15) is 18.0 Å². The van der Waals surface area contributed by atoms with Gasteiger partial charge in [-0.2, -0.15) is 0 Å². The van der Waals surface area contributed by atoms with E-state index in [1.54, 1.807) is 30.3 Å². The Balaban J connectivity index is 2.02. The highest BCUT2D eigenvalue weighted by Gasteiger charge is 2.33. The summed E-state index contributed by atoms with van der Waals surface area (Å²) >= 11 is 0. The minimum atomic E-state index is -4.07. The van der Waals surface area contributed by atoms with Gasteiger partial charge in [0.05, 0.1) is 10.6 Å². The summed E-state index contributed by atoms with van der Waals surface area (Å²) in [5.41, 5.74) is 3.36. The zero-order valence-electron chi connectivity index (χ0n) is 23.4. The number of nitrogens with zero attached hydrogens (tertiary/aromatic N) is 2. The second-order valence-electron chi connectivity index (χ2n) is 10.0. The summed E-state index contributed by atoms with van der Waals surface area (Å²) in [7, 11) is -4.07. The van der Waals surface area contributed by atoms with Crippen LogP contribution in [0.15, 0.2) is 83.8 Å². The fourth-order valence-corrected chi connectivity index (χ4v) is 5.83. The minimum absolute atomic E-state index is 0.0939. The maximum Gasteiger partial charge on any atom is 0.264 e. The topological polar surface area (TPSA) is 86.8 Å². The Morgan fingerprint density at radius 1 is 0.872 bits per heavy atom. The van der Waals surface area contributed by atoms with Crippen LogP contribution in [0.1, 0.15) is 43.9 Å². The van der Waals surface area contributed by atoms with Crippen LogP contribution in [-0.2, 0) is 26.0 Å². The van der Waals surface area contributed by atoms with Crippen molar-refractivity contribution in [2.75, 3.05) is 17.4 Å². The molecule has 0 unspecified atom stereocenters. The molecule has 39 heavy (non-hydrogen) atoms. The number of hydrogen-bond donors (Lipinski definition) is 1. The molecule has 1 atom stereocenters. The van der Waals surface area contributed by atoms with Gasteiger partial charge in [-0.3, -0.25) is 13.9 Å². The number of anilines is 1. The maximum absolute atomic E-state index is 14.0. The van der Waals surface area contributed by atoms with Crippen molar-refractivity contribution in [2.24, 2.45) is 0 Å². The van der Waals surface area contributed by atoms with Gasteiger partial charge >= 0.3 is 0 Å². The molecule has 3 aromatic rings. The van der Waals surface area contributed by atoms with Crippen LogP contribution >= 0.6 is 0 Å². The highest BCUT2D eigenvalue weighted by atomic mass is 32.2. The quantitative estimate of drug-likeness (QED) is 0.349. The maximum atomic E-state index is 14.0. The predicted molar refractivity (Wildman–Crippen MR) is 156 cm³/mol. The van der Waals surface area contributed by atoms with Gasteiger partial charge in [-0.05, 0) is 81.5 Å². The number of nitrogens with one attached hydrogen (secondary N) is 1. The van der Waals surface area contributed by atoms with Crippen molar-refractivity contribution < 1.29 is 18.0 Å². The average Bonchev–Trinajstić information content (AvgIpc) is 2.91. The van der Waals surface area contributed by atoms with Crippen molar-refractivity contribution in [2.45, 2.75) is 64.4 Å². The van der Waals surface area contributed by atoms with E-state index in [-0.39, 0.29) is 23.4 Å². The van der Waals surface area contributed by atoms with Crippen LogP contribution in [0.3, 0.4) is 0 Å². The normalized spacial score (nSPS) is 12.2. The molecule has 0 fully saturated rings. The first-order valence-electron chi connectivity index (χ1n) is 13.3. The largest absolute Gasteiger partial charge is 0.352 e. The molecule has 0 saturated carbocycles. The molecule has 3 rings (SSSR count). The number of carbonyl (C=O) groups excluding carboxylic acids is 2. The summed E-state index contributed by atoms with van der Waals surface area (Å²) in [5, 5.41) is 2.92. The second-order valence-corrected chi connectivity index (χ2v) is 11.9. The van der Waals surface area contributed by atoms with Gasteiger partial charge < -0.3 is 10.2 Å². The molecule has 0 heterocycles. The number of hydrogen-bond acceptors (Lipinski definition) is 4. The first-order chi connectivity index (χ1) is 18.5. The van der Waals surface area contributed by atoms with Crippen LogP contribution in [0.4, 0.5) is 5.69 Å². The summed E-state index contributed by atoms with van der Waals surface area (Å²) in [6.45, 7) is 9.30. The molecule has 7 nitrogen and oxygen atoms in total. The lowest BCUT2D eigenvalue weighted by Gasteiger charge is -2.33. The Morgan fingerprint density at radius 3 is 2.05 bits per heavy atom. The fraction of sp³-hybridized carbons (Fsp3) is 0.355. The zero-order chi connectivity index (χ0) is 28.6. The van der Waals surface area contributed by atoms with Crippen molar-refractivity contribution >= 4 is 27.5 Å². The van der Waals surface area contributed by atoms with Gasteiger partial charge in [0.1, 0.15) is 12.6 Å². The molecule has 0 aromatic heterocycles. The van der Waals surface area contributed by atoms with Gasteiger partial charge in [0, 0.05) is 12.6 Å². The number of carbonyl (C=O) groups is 2. The van der Waals surface area contributed by atoms with E-state index in [1.807, 2.05) is 71.0 Å². The van der Waals surface area contributed by atoms with E-state index in [0.29, 0.717) is 18.5 Å². The van der Waals surface area contributed by atoms with Crippen molar-refractivity contribution in [3.05, 3.63) is 95.6 Å². The molecule has 0 spiro atoms. The Hall–Kier alpha value is -3.65. The molecular formula is C31H39N3O4S.